The number of hydrogen-bond acceptors (Lipinski definition) is 6. The third-order valence-corrected chi connectivity index (χ3v) is 2.14. The first kappa shape index (κ1) is 8.06. The predicted molar refractivity (Wildman–Crippen MR) is 45.5 cm³/mol. The highest BCUT2D eigenvalue weighted by Crippen LogP contribution is 2.19. The lowest BCUT2D eigenvalue weighted by Crippen LogP contribution is -1.79. The van der Waals surface area contributed by atoms with Crippen LogP contribution in [0.15, 0.2) is 9.80 Å². The Bertz CT molecular complexity index is 434. The van der Waals surface area contributed by atoms with Crippen LogP contribution in [0.5, 0.6) is 0 Å². The van der Waals surface area contributed by atoms with Gasteiger partial charge in [0.25, 0.3) is 5.89 Å². The van der Waals surface area contributed by atoms with Crippen LogP contribution in [0.2, 0.25) is 0 Å². The molecule has 0 aromatic carbocycles. The Hall–Kier alpha value is -1.56. The van der Waals surface area contributed by atoms with E-state index in [2.05, 4.69) is 15.2 Å². The number of aryl methyl sites for hydroxylation is 1. The van der Waals surface area contributed by atoms with Crippen molar-refractivity contribution in [1.82, 2.24) is 15.2 Å². The second-order valence-corrected chi connectivity index (χ2v) is 3.20. The first-order chi connectivity index (χ1) is 6.29. The van der Waals surface area contributed by atoms with E-state index in [9.17, 15) is 4.79 Å². The highest BCUT2D eigenvalue weighted by molar-refractivity contribution is 7.11. The second-order valence-electron chi connectivity index (χ2n) is 2.32. The largest absolute Gasteiger partial charge is 0.420 e. The van der Waals surface area contributed by atoms with E-state index < -0.39 is 0 Å². The van der Waals surface area contributed by atoms with E-state index in [1.54, 1.807) is 12.3 Å². The molecule has 13 heavy (non-hydrogen) atoms. The summed E-state index contributed by atoms with van der Waals surface area (Å²) < 4.78 is 5.13. The molecule has 0 saturated carbocycles. The van der Waals surface area contributed by atoms with Gasteiger partial charge >= 0.3 is 0 Å². The van der Waals surface area contributed by atoms with Gasteiger partial charge in [0, 0.05) is 12.3 Å². The monoisotopic (exact) mass is 195 g/mol. The van der Waals surface area contributed by atoms with Gasteiger partial charge in [-0.1, -0.05) is 0 Å². The lowest BCUT2D eigenvalue weighted by molar-refractivity contribution is 0.112. The normalized spacial score (nSPS) is 10.2. The van der Waals surface area contributed by atoms with Gasteiger partial charge in [0.05, 0.1) is 0 Å². The summed E-state index contributed by atoms with van der Waals surface area (Å²) in [6.45, 7) is 1.70. The molecule has 0 N–H and O–H groups in total. The van der Waals surface area contributed by atoms with Crippen LogP contribution < -0.4 is 0 Å². The van der Waals surface area contributed by atoms with Crippen LogP contribution in [0.3, 0.4) is 0 Å². The van der Waals surface area contributed by atoms with Gasteiger partial charge in [-0.3, -0.25) is 4.79 Å². The number of rotatable bonds is 2. The summed E-state index contributed by atoms with van der Waals surface area (Å²) in [6, 6.07) is 0. The lowest BCUT2D eigenvalue weighted by Gasteiger charge is -1.82. The quantitative estimate of drug-likeness (QED) is 0.676. The van der Waals surface area contributed by atoms with E-state index >= 15 is 0 Å². The van der Waals surface area contributed by atoms with Crippen LogP contribution >= 0.6 is 11.3 Å². The third kappa shape index (κ3) is 1.48. The average molecular weight is 195 g/mol. The molecule has 0 atom stereocenters. The van der Waals surface area contributed by atoms with Gasteiger partial charge in [-0.15, -0.1) is 21.5 Å². The number of carbonyl (C=O) groups is 1. The van der Waals surface area contributed by atoms with Crippen molar-refractivity contribution in [2.45, 2.75) is 6.92 Å². The summed E-state index contributed by atoms with van der Waals surface area (Å²) in [5.41, 5.74) is 0.549. The molecular weight excluding hydrogens is 190 g/mol. The molecule has 0 amide bonds. The number of hydrogen-bond donors (Lipinski definition) is 0. The van der Waals surface area contributed by atoms with E-state index in [4.69, 9.17) is 4.42 Å². The summed E-state index contributed by atoms with van der Waals surface area (Å²) in [4.78, 5) is 14.3. The molecule has 0 aliphatic heterocycles. The molecule has 0 fully saturated rings. The van der Waals surface area contributed by atoms with Gasteiger partial charge in [-0.05, 0) is 0 Å². The molecule has 0 unspecified atom stereocenters. The van der Waals surface area contributed by atoms with Crippen molar-refractivity contribution in [1.29, 1.82) is 0 Å². The highest BCUT2D eigenvalue weighted by Gasteiger charge is 2.09. The standard InChI is InChI=1S/C7H5N3O2S/c1-4-9-10-7(12-4)5-3-13-6(2-11)8-5/h2-3H,1H3. The number of aromatic nitrogens is 3. The minimum Gasteiger partial charge on any atom is -0.420 e. The van der Waals surface area contributed by atoms with E-state index in [-0.39, 0.29) is 0 Å². The summed E-state index contributed by atoms with van der Waals surface area (Å²) in [5.74, 6) is 0.831. The third-order valence-electron chi connectivity index (χ3n) is 1.37. The van der Waals surface area contributed by atoms with Gasteiger partial charge in [0.15, 0.2) is 11.3 Å². The number of thiazole rings is 1. The zero-order valence-electron chi connectivity index (χ0n) is 6.72. The van der Waals surface area contributed by atoms with E-state index in [1.807, 2.05) is 0 Å². The molecule has 0 aliphatic rings. The topological polar surface area (TPSA) is 68.9 Å². The summed E-state index contributed by atoms with van der Waals surface area (Å²) >= 11 is 1.25. The van der Waals surface area contributed by atoms with Crippen LogP contribution in [-0.2, 0) is 0 Å². The molecule has 66 valence electrons. The van der Waals surface area contributed by atoms with Crippen LogP contribution in [0, 0.1) is 6.92 Å². The number of aldehydes is 1. The van der Waals surface area contributed by atoms with Crippen molar-refractivity contribution in [3.63, 3.8) is 0 Å². The second kappa shape index (κ2) is 3.06. The van der Waals surface area contributed by atoms with Crippen molar-refractivity contribution in [3.8, 4) is 11.6 Å². The van der Waals surface area contributed by atoms with Crippen molar-refractivity contribution >= 4 is 17.6 Å². The molecule has 0 saturated heterocycles. The Balaban J connectivity index is 2.40. The first-order valence-corrected chi connectivity index (χ1v) is 4.39. The smallest absolute Gasteiger partial charge is 0.267 e. The first-order valence-electron chi connectivity index (χ1n) is 3.51. The molecule has 0 aliphatic carbocycles. The van der Waals surface area contributed by atoms with Crippen LogP contribution in [-0.4, -0.2) is 21.5 Å². The molecular formula is C7H5N3O2S. The van der Waals surface area contributed by atoms with E-state index in [1.165, 1.54) is 11.3 Å². The molecule has 2 rings (SSSR count). The van der Waals surface area contributed by atoms with Crippen molar-refractivity contribution in [3.05, 3.63) is 16.3 Å². The van der Waals surface area contributed by atoms with Crippen molar-refractivity contribution in [2.24, 2.45) is 0 Å². The molecule has 0 radical (unpaired) electrons. The zero-order chi connectivity index (χ0) is 9.26. The SMILES string of the molecule is Cc1nnc(-c2csc(C=O)n2)o1. The van der Waals surface area contributed by atoms with Crippen LogP contribution in [0.25, 0.3) is 11.6 Å². The molecule has 6 heteroatoms. The van der Waals surface area contributed by atoms with Gasteiger partial charge < -0.3 is 4.42 Å². The lowest BCUT2D eigenvalue weighted by atomic mass is 10.5. The van der Waals surface area contributed by atoms with Crippen LogP contribution in [0.4, 0.5) is 0 Å². The van der Waals surface area contributed by atoms with Crippen molar-refractivity contribution in [2.75, 3.05) is 0 Å². The summed E-state index contributed by atoms with van der Waals surface area (Å²) in [5, 5.41) is 9.55. The maximum atomic E-state index is 10.3. The van der Waals surface area contributed by atoms with Gasteiger partial charge in [0.2, 0.25) is 5.89 Å². The Kier molecular flexibility index (Phi) is 1.90. The van der Waals surface area contributed by atoms with E-state index in [0.29, 0.717) is 28.8 Å². The van der Waals surface area contributed by atoms with Crippen molar-refractivity contribution < 1.29 is 9.21 Å². The summed E-state index contributed by atoms with van der Waals surface area (Å²) in [6.07, 6.45) is 0.692. The fourth-order valence-electron chi connectivity index (χ4n) is 0.840. The minimum absolute atomic E-state index is 0.349. The van der Waals surface area contributed by atoms with E-state index in [0.717, 1.165) is 0 Å². The molecule has 0 bridgehead atoms. The minimum atomic E-state index is 0.349. The molecule has 0 spiro atoms. The highest BCUT2D eigenvalue weighted by atomic mass is 32.1. The van der Waals surface area contributed by atoms with Gasteiger partial charge in [-0.2, -0.15) is 0 Å². The molecule has 2 aromatic heterocycles. The maximum Gasteiger partial charge on any atom is 0.267 e. The van der Waals surface area contributed by atoms with Crippen LogP contribution in [0.1, 0.15) is 15.7 Å². The Labute approximate surface area is 77.4 Å². The summed E-state index contributed by atoms with van der Waals surface area (Å²) in [7, 11) is 0. The molecule has 2 heterocycles. The maximum absolute atomic E-state index is 10.3. The Morgan fingerprint density at radius 2 is 2.38 bits per heavy atom. The predicted octanol–water partition coefficient (Wildman–Crippen LogP) is 1.31. The average Bonchev–Trinajstić information content (AvgIpc) is 2.71. The number of carbonyl (C=O) groups excluding carboxylic acids is 1. The van der Waals surface area contributed by atoms with Gasteiger partial charge in [0.1, 0.15) is 5.69 Å². The fourth-order valence-corrected chi connectivity index (χ4v) is 1.43. The van der Waals surface area contributed by atoms with Gasteiger partial charge in [-0.25, -0.2) is 4.98 Å². The Morgan fingerprint density at radius 1 is 1.54 bits per heavy atom. The Morgan fingerprint density at radius 3 is 2.92 bits per heavy atom. The number of nitrogens with zero attached hydrogens (tertiary/aromatic N) is 3. The zero-order valence-corrected chi connectivity index (χ0v) is 7.54. The molecule has 2 aromatic rings. The fraction of sp³-hybridized carbons (Fsp3) is 0.143. The molecule has 5 nitrogen and oxygen atoms in total.